The largest absolute Gasteiger partial charge is 0.308 e. The van der Waals surface area contributed by atoms with E-state index in [0.717, 1.165) is 5.69 Å². The maximum atomic E-state index is 4.16. The molecule has 0 aliphatic heterocycles. The molecule has 0 amide bonds. The molecular formula is C13H17N3S. The topological polar surface area (TPSA) is 37.8 Å². The van der Waals surface area contributed by atoms with Gasteiger partial charge in [0, 0.05) is 5.38 Å². The molecule has 0 bridgehead atoms. The standard InChI is InChI=1S/C13H17N3S/c1-8-5-10(3)11(6-9(8)2)13(14-4)12-7-17-16-15-12/h5-7,13-14H,1-4H3. The Morgan fingerprint density at radius 2 is 1.82 bits per heavy atom. The zero-order chi connectivity index (χ0) is 12.4. The van der Waals surface area contributed by atoms with Gasteiger partial charge in [-0.2, -0.15) is 0 Å². The highest BCUT2D eigenvalue weighted by molar-refractivity contribution is 7.03. The average Bonchev–Trinajstić information content (AvgIpc) is 2.80. The second-order valence-electron chi connectivity index (χ2n) is 4.34. The first-order chi connectivity index (χ1) is 8.13. The van der Waals surface area contributed by atoms with Crippen LogP contribution >= 0.6 is 11.5 Å². The fraction of sp³-hybridized carbons (Fsp3) is 0.385. The Kier molecular flexibility index (Phi) is 3.54. The quantitative estimate of drug-likeness (QED) is 0.906. The van der Waals surface area contributed by atoms with Gasteiger partial charge < -0.3 is 5.32 Å². The molecule has 4 heteroatoms. The summed E-state index contributed by atoms with van der Waals surface area (Å²) in [5.41, 5.74) is 6.21. The lowest BCUT2D eigenvalue weighted by Gasteiger charge is -2.18. The minimum Gasteiger partial charge on any atom is -0.308 e. The summed E-state index contributed by atoms with van der Waals surface area (Å²) in [5.74, 6) is 0. The van der Waals surface area contributed by atoms with E-state index in [0.29, 0.717) is 0 Å². The maximum absolute atomic E-state index is 4.16. The van der Waals surface area contributed by atoms with Crippen LogP contribution in [0.4, 0.5) is 0 Å². The van der Waals surface area contributed by atoms with E-state index in [1.165, 1.54) is 33.8 Å². The highest BCUT2D eigenvalue weighted by Gasteiger charge is 2.17. The molecule has 17 heavy (non-hydrogen) atoms. The van der Waals surface area contributed by atoms with Crippen LogP contribution in [0.5, 0.6) is 0 Å². The Bertz CT molecular complexity index is 506. The van der Waals surface area contributed by atoms with Crippen molar-refractivity contribution in [3.05, 3.63) is 45.5 Å². The fourth-order valence-corrected chi connectivity index (χ4v) is 2.53. The van der Waals surface area contributed by atoms with Crippen LogP contribution in [-0.2, 0) is 0 Å². The molecule has 1 N–H and O–H groups in total. The minimum atomic E-state index is 0.132. The third-order valence-corrected chi connectivity index (χ3v) is 3.68. The monoisotopic (exact) mass is 247 g/mol. The number of hydrogen-bond donors (Lipinski definition) is 1. The van der Waals surface area contributed by atoms with E-state index in [9.17, 15) is 0 Å². The van der Waals surface area contributed by atoms with Crippen LogP contribution in [0, 0.1) is 20.8 Å². The second kappa shape index (κ2) is 4.94. The van der Waals surface area contributed by atoms with Crippen LogP contribution in [0.25, 0.3) is 0 Å². The molecule has 0 saturated carbocycles. The van der Waals surface area contributed by atoms with E-state index >= 15 is 0 Å². The van der Waals surface area contributed by atoms with Crippen molar-refractivity contribution in [2.24, 2.45) is 0 Å². The Labute approximate surface area is 106 Å². The van der Waals surface area contributed by atoms with E-state index in [2.05, 4.69) is 47.8 Å². The summed E-state index contributed by atoms with van der Waals surface area (Å²) in [5, 5.41) is 9.47. The molecule has 0 radical (unpaired) electrons. The number of aryl methyl sites for hydroxylation is 3. The van der Waals surface area contributed by atoms with Crippen molar-refractivity contribution < 1.29 is 0 Å². The summed E-state index contributed by atoms with van der Waals surface area (Å²) in [6, 6.07) is 4.60. The molecule has 2 rings (SSSR count). The van der Waals surface area contributed by atoms with E-state index in [1.54, 1.807) is 0 Å². The molecule has 1 atom stereocenters. The lowest BCUT2D eigenvalue weighted by Crippen LogP contribution is -2.19. The molecule has 1 aromatic carbocycles. The Morgan fingerprint density at radius 3 is 2.41 bits per heavy atom. The van der Waals surface area contributed by atoms with Crippen LogP contribution in [-0.4, -0.2) is 16.6 Å². The molecule has 0 spiro atoms. The van der Waals surface area contributed by atoms with Crippen molar-refractivity contribution in [1.29, 1.82) is 0 Å². The van der Waals surface area contributed by atoms with Gasteiger partial charge in [0.2, 0.25) is 0 Å². The van der Waals surface area contributed by atoms with E-state index < -0.39 is 0 Å². The predicted octanol–water partition coefficient (Wildman–Crippen LogP) is 2.77. The summed E-state index contributed by atoms with van der Waals surface area (Å²) < 4.78 is 3.94. The van der Waals surface area contributed by atoms with Crippen LogP contribution < -0.4 is 5.32 Å². The van der Waals surface area contributed by atoms with Gasteiger partial charge in [0.05, 0.1) is 11.7 Å². The Balaban J connectivity index is 2.48. The van der Waals surface area contributed by atoms with Gasteiger partial charge >= 0.3 is 0 Å². The third-order valence-electron chi connectivity index (χ3n) is 3.15. The van der Waals surface area contributed by atoms with Crippen LogP contribution in [0.15, 0.2) is 17.5 Å². The van der Waals surface area contributed by atoms with Gasteiger partial charge in [0.25, 0.3) is 0 Å². The maximum Gasteiger partial charge on any atom is 0.0970 e. The van der Waals surface area contributed by atoms with Gasteiger partial charge in [0.15, 0.2) is 0 Å². The molecule has 90 valence electrons. The first kappa shape index (κ1) is 12.2. The average molecular weight is 247 g/mol. The van der Waals surface area contributed by atoms with Crippen LogP contribution in [0.3, 0.4) is 0 Å². The number of hydrogen-bond acceptors (Lipinski definition) is 4. The van der Waals surface area contributed by atoms with Crippen molar-refractivity contribution in [3.8, 4) is 0 Å². The molecule has 1 heterocycles. The molecule has 0 aliphatic rings. The zero-order valence-electron chi connectivity index (χ0n) is 10.6. The normalized spacial score (nSPS) is 12.7. The van der Waals surface area contributed by atoms with Crippen molar-refractivity contribution in [3.63, 3.8) is 0 Å². The number of rotatable bonds is 3. The second-order valence-corrected chi connectivity index (χ2v) is 4.95. The van der Waals surface area contributed by atoms with Crippen molar-refractivity contribution >= 4 is 11.5 Å². The van der Waals surface area contributed by atoms with Gasteiger partial charge in [-0.15, -0.1) is 5.10 Å². The van der Waals surface area contributed by atoms with Gasteiger partial charge in [-0.3, -0.25) is 0 Å². The number of nitrogens with zero attached hydrogens (tertiary/aromatic N) is 2. The molecule has 0 fully saturated rings. The highest BCUT2D eigenvalue weighted by Crippen LogP contribution is 2.26. The SMILES string of the molecule is CNC(c1csnn1)c1cc(C)c(C)cc1C. The smallest absolute Gasteiger partial charge is 0.0970 e. The summed E-state index contributed by atoms with van der Waals surface area (Å²) in [4.78, 5) is 0. The van der Waals surface area contributed by atoms with Gasteiger partial charge in [-0.25, -0.2) is 0 Å². The van der Waals surface area contributed by atoms with Crippen LogP contribution in [0.1, 0.15) is 34.0 Å². The predicted molar refractivity (Wildman–Crippen MR) is 71.5 cm³/mol. The van der Waals surface area contributed by atoms with Gasteiger partial charge in [0.1, 0.15) is 0 Å². The molecule has 1 unspecified atom stereocenters. The first-order valence-electron chi connectivity index (χ1n) is 5.65. The summed E-state index contributed by atoms with van der Waals surface area (Å²) >= 11 is 1.39. The van der Waals surface area contributed by atoms with Gasteiger partial charge in [-0.1, -0.05) is 16.6 Å². The van der Waals surface area contributed by atoms with Crippen molar-refractivity contribution in [1.82, 2.24) is 14.9 Å². The molecular weight excluding hydrogens is 230 g/mol. The molecule has 0 aliphatic carbocycles. The molecule has 2 aromatic rings. The number of benzene rings is 1. The number of aromatic nitrogens is 2. The summed E-state index contributed by atoms with van der Waals surface area (Å²) in [6.45, 7) is 6.43. The minimum absolute atomic E-state index is 0.132. The first-order valence-corrected chi connectivity index (χ1v) is 6.49. The fourth-order valence-electron chi connectivity index (χ4n) is 2.05. The summed E-state index contributed by atoms with van der Waals surface area (Å²) in [6.07, 6.45) is 0. The molecule has 3 nitrogen and oxygen atoms in total. The Morgan fingerprint density at radius 1 is 1.12 bits per heavy atom. The van der Waals surface area contributed by atoms with E-state index in [4.69, 9.17) is 0 Å². The molecule has 0 saturated heterocycles. The van der Waals surface area contributed by atoms with E-state index in [1.807, 2.05) is 12.4 Å². The number of nitrogens with one attached hydrogen (secondary N) is 1. The lowest BCUT2D eigenvalue weighted by molar-refractivity contribution is 0.663. The van der Waals surface area contributed by atoms with Crippen molar-refractivity contribution in [2.75, 3.05) is 7.05 Å². The van der Waals surface area contributed by atoms with Crippen molar-refractivity contribution in [2.45, 2.75) is 26.8 Å². The third kappa shape index (κ3) is 2.37. The van der Waals surface area contributed by atoms with Crippen LogP contribution in [0.2, 0.25) is 0 Å². The van der Waals surface area contributed by atoms with Gasteiger partial charge in [-0.05, 0) is 61.6 Å². The summed E-state index contributed by atoms with van der Waals surface area (Å²) in [7, 11) is 1.96. The zero-order valence-corrected chi connectivity index (χ0v) is 11.4. The highest BCUT2D eigenvalue weighted by atomic mass is 32.1. The Hall–Kier alpha value is -1.26. The van der Waals surface area contributed by atoms with E-state index in [-0.39, 0.29) is 6.04 Å². The lowest BCUT2D eigenvalue weighted by atomic mass is 9.94. The molecule has 1 aromatic heterocycles.